The molecular weight excluding hydrogens is 256 g/mol. The normalized spacial score (nSPS) is 12.1. The van der Waals surface area contributed by atoms with E-state index in [1.807, 2.05) is 6.92 Å². The Morgan fingerprint density at radius 2 is 2.28 bits per heavy atom. The van der Waals surface area contributed by atoms with Crippen LogP contribution in [-0.4, -0.2) is 43.3 Å². The lowest BCUT2D eigenvalue weighted by Gasteiger charge is -2.07. The first-order valence-electron chi connectivity index (χ1n) is 5.32. The van der Waals surface area contributed by atoms with Gasteiger partial charge in [-0.3, -0.25) is 4.79 Å². The van der Waals surface area contributed by atoms with Gasteiger partial charge in [0.1, 0.15) is 0 Å². The summed E-state index contributed by atoms with van der Waals surface area (Å²) in [7, 11) is 0. The van der Waals surface area contributed by atoms with Gasteiger partial charge in [-0.25, -0.2) is 0 Å². The maximum Gasteiger partial charge on any atom is 0.282 e. The Balaban J connectivity index is 1.98. The predicted octanol–water partition coefficient (Wildman–Crippen LogP) is -0.0260. The van der Waals surface area contributed by atoms with Crippen molar-refractivity contribution in [3.8, 4) is 0 Å². The van der Waals surface area contributed by atoms with Crippen LogP contribution in [-0.2, 0) is 0 Å². The second-order valence-corrected chi connectivity index (χ2v) is 4.39. The number of aromatic amines is 1. The van der Waals surface area contributed by atoms with Crippen LogP contribution in [0.2, 0.25) is 0 Å². The second-order valence-electron chi connectivity index (χ2n) is 3.41. The second kappa shape index (κ2) is 5.49. The van der Waals surface area contributed by atoms with Gasteiger partial charge in [-0.1, -0.05) is 16.6 Å². The first-order chi connectivity index (χ1) is 8.70. The molecule has 0 aliphatic rings. The number of H-pyrrole nitrogens is 1. The highest BCUT2D eigenvalue weighted by Gasteiger charge is 2.18. The SMILES string of the molecule is CCNc1nnc(C(=O)NC(C)c2nn[nH]n2)s1. The molecule has 2 aromatic heterocycles. The molecule has 0 saturated heterocycles. The third-order valence-corrected chi connectivity index (χ3v) is 2.92. The minimum Gasteiger partial charge on any atom is -0.360 e. The zero-order valence-electron chi connectivity index (χ0n) is 9.84. The van der Waals surface area contributed by atoms with Crippen LogP contribution >= 0.6 is 11.3 Å². The summed E-state index contributed by atoms with van der Waals surface area (Å²) in [5, 5.41) is 27.6. The van der Waals surface area contributed by atoms with Crippen molar-refractivity contribution in [3.05, 3.63) is 10.8 Å². The number of carbonyl (C=O) groups is 1. The van der Waals surface area contributed by atoms with E-state index in [1.165, 1.54) is 11.3 Å². The molecule has 10 heteroatoms. The van der Waals surface area contributed by atoms with E-state index in [2.05, 4.69) is 41.5 Å². The van der Waals surface area contributed by atoms with Gasteiger partial charge in [-0.05, 0) is 13.8 Å². The lowest BCUT2D eigenvalue weighted by molar-refractivity contribution is 0.0937. The quantitative estimate of drug-likeness (QED) is 0.696. The Bertz CT molecular complexity index is 509. The summed E-state index contributed by atoms with van der Waals surface area (Å²) in [4.78, 5) is 11.9. The van der Waals surface area contributed by atoms with Crippen molar-refractivity contribution >= 4 is 22.4 Å². The van der Waals surface area contributed by atoms with E-state index in [0.717, 1.165) is 6.54 Å². The predicted molar refractivity (Wildman–Crippen MR) is 64.1 cm³/mol. The molecule has 0 radical (unpaired) electrons. The molecule has 96 valence electrons. The van der Waals surface area contributed by atoms with E-state index < -0.39 is 0 Å². The molecule has 0 aliphatic carbocycles. The average Bonchev–Trinajstić information content (AvgIpc) is 3.00. The van der Waals surface area contributed by atoms with E-state index in [4.69, 9.17) is 0 Å². The van der Waals surface area contributed by atoms with Crippen LogP contribution in [0.3, 0.4) is 0 Å². The number of rotatable bonds is 5. The minimum atomic E-state index is -0.345. The van der Waals surface area contributed by atoms with E-state index >= 15 is 0 Å². The maximum absolute atomic E-state index is 11.9. The summed E-state index contributed by atoms with van der Waals surface area (Å²) in [5.41, 5.74) is 0. The summed E-state index contributed by atoms with van der Waals surface area (Å²) >= 11 is 1.20. The Morgan fingerprint density at radius 1 is 1.44 bits per heavy atom. The zero-order valence-corrected chi connectivity index (χ0v) is 10.7. The summed E-state index contributed by atoms with van der Waals surface area (Å²) in [6.07, 6.45) is 0. The van der Waals surface area contributed by atoms with Gasteiger partial charge in [-0.2, -0.15) is 5.21 Å². The fourth-order valence-corrected chi connectivity index (χ4v) is 1.93. The molecular formula is C8H12N8OS. The molecule has 0 spiro atoms. The van der Waals surface area contributed by atoms with Crippen molar-refractivity contribution in [1.82, 2.24) is 36.1 Å². The zero-order chi connectivity index (χ0) is 13.0. The van der Waals surface area contributed by atoms with E-state index in [1.54, 1.807) is 6.92 Å². The molecule has 2 heterocycles. The standard InChI is InChI=1S/C8H12N8OS/c1-3-9-8-14-13-7(18-8)6(17)10-4(2)5-11-15-16-12-5/h4H,3H2,1-2H3,(H,9,14)(H,10,17)(H,11,12,15,16). The molecule has 0 fully saturated rings. The maximum atomic E-state index is 11.9. The van der Waals surface area contributed by atoms with E-state index in [9.17, 15) is 4.79 Å². The molecule has 0 aromatic carbocycles. The highest BCUT2D eigenvalue weighted by atomic mass is 32.1. The number of nitrogens with zero attached hydrogens (tertiary/aromatic N) is 5. The number of hydrogen-bond acceptors (Lipinski definition) is 8. The first-order valence-corrected chi connectivity index (χ1v) is 6.14. The molecule has 1 atom stereocenters. The van der Waals surface area contributed by atoms with Crippen molar-refractivity contribution < 1.29 is 4.79 Å². The van der Waals surface area contributed by atoms with Crippen molar-refractivity contribution in [2.45, 2.75) is 19.9 Å². The summed E-state index contributed by atoms with van der Waals surface area (Å²) in [6, 6.07) is -0.345. The van der Waals surface area contributed by atoms with Crippen LogP contribution < -0.4 is 10.6 Å². The third kappa shape index (κ3) is 2.77. The smallest absolute Gasteiger partial charge is 0.282 e. The van der Waals surface area contributed by atoms with Gasteiger partial charge in [0.15, 0.2) is 5.82 Å². The molecule has 0 aliphatic heterocycles. The molecule has 0 bridgehead atoms. The highest BCUT2D eigenvalue weighted by Crippen LogP contribution is 2.15. The fourth-order valence-electron chi connectivity index (χ4n) is 1.21. The minimum absolute atomic E-state index is 0.293. The number of amides is 1. The lowest BCUT2D eigenvalue weighted by Crippen LogP contribution is -2.27. The first kappa shape index (κ1) is 12.4. The monoisotopic (exact) mass is 268 g/mol. The summed E-state index contributed by atoms with van der Waals surface area (Å²) in [5.74, 6) is 0.105. The van der Waals surface area contributed by atoms with Crippen molar-refractivity contribution in [1.29, 1.82) is 0 Å². The Kier molecular flexibility index (Phi) is 3.77. The number of hydrogen-bond donors (Lipinski definition) is 3. The molecule has 1 unspecified atom stereocenters. The summed E-state index contributed by atoms with van der Waals surface area (Å²) in [6.45, 7) is 4.43. The van der Waals surface area contributed by atoms with Gasteiger partial charge < -0.3 is 10.6 Å². The van der Waals surface area contributed by atoms with Gasteiger partial charge in [0.25, 0.3) is 5.91 Å². The number of carbonyl (C=O) groups excluding carboxylic acids is 1. The number of anilines is 1. The number of nitrogens with one attached hydrogen (secondary N) is 3. The third-order valence-electron chi connectivity index (χ3n) is 2.04. The van der Waals surface area contributed by atoms with Crippen molar-refractivity contribution in [2.75, 3.05) is 11.9 Å². The Labute approximate surface area is 106 Å². The molecule has 9 nitrogen and oxygen atoms in total. The van der Waals surface area contributed by atoms with Crippen LogP contribution in [0, 0.1) is 0 Å². The highest BCUT2D eigenvalue weighted by molar-refractivity contribution is 7.17. The fraction of sp³-hybridized carbons (Fsp3) is 0.500. The number of aromatic nitrogens is 6. The molecule has 18 heavy (non-hydrogen) atoms. The molecule has 2 aromatic rings. The Hall–Kier alpha value is -2.10. The van der Waals surface area contributed by atoms with Crippen LogP contribution in [0.15, 0.2) is 0 Å². The van der Waals surface area contributed by atoms with Gasteiger partial charge in [0.2, 0.25) is 10.1 Å². The van der Waals surface area contributed by atoms with Crippen LogP contribution in [0.1, 0.15) is 35.5 Å². The van der Waals surface area contributed by atoms with Gasteiger partial charge in [0, 0.05) is 6.54 Å². The molecule has 3 N–H and O–H groups in total. The molecule has 2 rings (SSSR count). The Morgan fingerprint density at radius 3 is 2.94 bits per heavy atom. The van der Waals surface area contributed by atoms with Crippen LogP contribution in [0.5, 0.6) is 0 Å². The number of tetrazole rings is 1. The van der Waals surface area contributed by atoms with Gasteiger partial charge in [0.05, 0.1) is 6.04 Å². The lowest BCUT2D eigenvalue weighted by atomic mass is 10.3. The van der Waals surface area contributed by atoms with Crippen molar-refractivity contribution in [2.24, 2.45) is 0 Å². The summed E-state index contributed by atoms with van der Waals surface area (Å²) < 4.78 is 0. The van der Waals surface area contributed by atoms with Gasteiger partial charge in [-0.15, -0.1) is 20.4 Å². The van der Waals surface area contributed by atoms with Crippen LogP contribution in [0.25, 0.3) is 0 Å². The van der Waals surface area contributed by atoms with E-state index in [0.29, 0.717) is 16.0 Å². The van der Waals surface area contributed by atoms with Crippen molar-refractivity contribution in [3.63, 3.8) is 0 Å². The van der Waals surface area contributed by atoms with E-state index in [-0.39, 0.29) is 11.9 Å². The topological polar surface area (TPSA) is 121 Å². The van der Waals surface area contributed by atoms with Crippen LogP contribution in [0.4, 0.5) is 5.13 Å². The molecule has 0 saturated carbocycles. The molecule has 1 amide bonds. The largest absolute Gasteiger partial charge is 0.360 e. The average molecular weight is 268 g/mol. The van der Waals surface area contributed by atoms with Gasteiger partial charge >= 0.3 is 0 Å².